The molecule has 1 aliphatic heterocycles. The molecule has 6 heteroatoms. The van der Waals surface area contributed by atoms with Crippen molar-refractivity contribution in [3.63, 3.8) is 0 Å². The van der Waals surface area contributed by atoms with Gasteiger partial charge in [-0.1, -0.05) is 35.3 Å². The second-order valence-corrected chi connectivity index (χ2v) is 7.15. The third-order valence-electron chi connectivity index (χ3n) is 3.70. The first-order valence-electron chi connectivity index (χ1n) is 7.11. The Hall–Kier alpha value is -1.36. The molecule has 0 N–H and O–H groups in total. The maximum absolute atomic E-state index is 12.9. The number of carbonyl (C=O) groups excluding carboxylic acids is 1. The summed E-state index contributed by atoms with van der Waals surface area (Å²) in [5.41, 5.74) is 1.52. The van der Waals surface area contributed by atoms with E-state index in [1.807, 2.05) is 23.1 Å². The molecule has 120 valence electrons. The van der Waals surface area contributed by atoms with E-state index in [4.69, 9.17) is 27.9 Å². The second-order valence-electron chi connectivity index (χ2n) is 5.12. The highest BCUT2D eigenvalue weighted by atomic mass is 35.5. The van der Waals surface area contributed by atoms with Crippen molar-refractivity contribution >= 4 is 40.9 Å². The largest absolute Gasteiger partial charge is 0.497 e. The standard InChI is InChI=1S/C17H15Cl2NO2S/c1-22-13-4-2-3-11(9-13)16(21)20-7-8-23-17(20)14-6-5-12(18)10-15(14)19/h2-6,9-10,17H,7-8H2,1H3. The number of rotatable bonds is 3. The van der Waals surface area contributed by atoms with E-state index < -0.39 is 0 Å². The van der Waals surface area contributed by atoms with Crippen LogP contribution in [0.15, 0.2) is 42.5 Å². The van der Waals surface area contributed by atoms with Crippen LogP contribution >= 0.6 is 35.0 Å². The molecule has 0 aliphatic carbocycles. The molecule has 1 amide bonds. The van der Waals surface area contributed by atoms with Crippen molar-refractivity contribution in [2.24, 2.45) is 0 Å². The second kappa shape index (κ2) is 7.04. The summed E-state index contributed by atoms with van der Waals surface area (Å²) in [6.07, 6.45) is 0. The molecule has 0 spiro atoms. The van der Waals surface area contributed by atoms with E-state index in [1.54, 1.807) is 43.1 Å². The fourth-order valence-electron chi connectivity index (χ4n) is 2.56. The summed E-state index contributed by atoms with van der Waals surface area (Å²) in [6, 6.07) is 12.6. The van der Waals surface area contributed by atoms with Crippen LogP contribution in [0.3, 0.4) is 0 Å². The number of benzene rings is 2. The first-order chi connectivity index (χ1) is 11.1. The van der Waals surface area contributed by atoms with E-state index in [2.05, 4.69) is 0 Å². The summed E-state index contributed by atoms with van der Waals surface area (Å²) >= 11 is 14.0. The highest BCUT2D eigenvalue weighted by molar-refractivity contribution is 7.99. The van der Waals surface area contributed by atoms with Gasteiger partial charge >= 0.3 is 0 Å². The minimum atomic E-state index is -0.0986. The molecule has 0 saturated carbocycles. The average Bonchev–Trinajstić information content (AvgIpc) is 3.03. The van der Waals surface area contributed by atoms with Gasteiger partial charge in [-0.05, 0) is 30.3 Å². The topological polar surface area (TPSA) is 29.5 Å². The van der Waals surface area contributed by atoms with Crippen LogP contribution in [-0.2, 0) is 0 Å². The Balaban J connectivity index is 1.90. The molecule has 0 aromatic heterocycles. The number of carbonyl (C=O) groups is 1. The lowest BCUT2D eigenvalue weighted by Crippen LogP contribution is -2.30. The molecule has 0 radical (unpaired) electrons. The molecule has 1 unspecified atom stereocenters. The molecule has 3 nitrogen and oxygen atoms in total. The van der Waals surface area contributed by atoms with E-state index >= 15 is 0 Å². The summed E-state index contributed by atoms with van der Waals surface area (Å²) in [6.45, 7) is 0.685. The lowest BCUT2D eigenvalue weighted by molar-refractivity contribution is 0.0760. The molecule has 23 heavy (non-hydrogen) atoms. The molecule has 1 heterocycles. The number of hydrogen-bond acceptors (Lipinski definition) is 3. The summed E-state index contributed by atoms with van der Waals surface area (Å²) in [5.74, 6) is 1.52. The highest BCUT2D eigenvalue weighted by Crippen LogP contribution is 2.42. The molecule has 1 saturated heterocycles. The van der Waals surface area contributed by atoms with Gasteiger partial charge in [-0.25, -0.2) is 0 Å². The third-order valence-corrected chi connectivity index (χ3v) is 5.50. The number of methoxy groups -OCH3 is 1. The number of ether oxygens (including phenoxy) is 1. The Morgan fingerprint density at radius 1 is 1.26 bits per heavy atom. The van der Waals surface area contributed by atoms with Crippen molar-refractivity contribution in [2.75, 3.05) is 19.4 Å². The van der Waals surface area contributed by atoms with Crippen LogP contribution in [0, 0.1) is 0 Å². The quantitative estimate of drug-likeness (QED) is 0.773. The zero-order chi connectivity index (χ0) is 16.4. The van der Waals surface area contributed by atoms with Crippen molar-refractivity contribution in [1.29, 1.82) is 0 Å². The lowest BCUT2D eigenvalue weighted by atomic mass is 10.1. The third kappa shape index (κ3) is 3.44. The molecule has 0 bridgehead atoms. The van der Waals surface area contributed by atoms with Gasteiger partial charge in [0.2, 0.25) is 0 Å². The van der Waals surface area contributed by atoms with Crippen molar-refractivity contribution < 1.29 is 9.53 Å². The Kier molecular flexibility index (Phi) is 5.05. The molecular formula is C17H15Cl2NO2S. The first-order valence-corrected chi connectivity index (χ1v) is 8.92. The molecule has 1 atom stereocenters. The summed E-state index contributed by atoms with van der Waals surface area (Å²) in [5, 5.41) is 1.08. The van der Waals surface area contributed by atoms with Crippen LogP contribution in [0.1, 0.15) is 21.3 Å². The van der Waals surface area contributed by atoms with Crippen molar-refractivity contribution in [2.45, 2.75) is 5.37 Å². The van der Waals surface area contributed by atoms with Gasteiger partial charge in [0, 0.05) is 33.5 Å². The van der Waals surface area contributed by atoms with Gasteiger partial charge in [0.05, 0.1) is 7.11 Å². The summed E-state index contributed by atoms with van der Waals surface area (Å²) in [7, 11) is 1.59. The minimum Gasteiger partial charge on any atom is -0.497 e. The minimum absolute atomic E-state index is 0.0232. The Labute approximate surface area is 149 Å². The van der Waals surface area contributed by atoms with Crippen LogP contribution in [0.5, 0.6) is 5.75 Å². The fourth-order valence-corrected chi connectivity index (χ4v) is 4.43. The first kappa shape index (κ1) is 16.5. The van der Waals surface area contributed by atoms with E-state index in [0.29, 0.717) is 27.9 Å². The number of hydrogen-bond donors (Lipinski definition) is 0. The monoisotopic (exact) mass is 367 g/mol. The molecule has 2 aromatic rings. The Morgan fingerprint density at radius 3 is 2.83 bits per heavy atom. The zero-order valence-corrected chi connectivity index (χ0v) is 14.8. The predicted octanol–water partition coefficient (Wildman–Crippen LogP) is 4.89. The highest BCUT2D eigenvalue weighted by Gasteiger charge is 2.32. The van der Waals surface area contributed by atoms with Crippen molar-refractivity contribution in [1.82, 2.24) is 4.90 Å². The number of thioether (sulfide) groups is 1. The Morgan fingerprint density at radius 2 is 2.09 bits per heavy atom. The van der Waals surface area contributed by atoms with Crippen LogP contribution in [0.2, 0.25) is 10.0 Å². The van der Waals surface area contributed by atoms with Crippen LogP contribution in [0.25, 0.3) is 0 Å². The van der Waals surface area contributed by atoms with Crippen molar-refractivity contribution in [3.05, 3.63) is 63.6 Å². The molecule has 1 fully saturated rings. The Bertz CT molecular complexity index is 738. The SMILES string of the molecule is COc1cccc(C(=O)N2CCSC2c2ccc(Cl)cc2Cl)c1. The van der Waals surface area contributed by atoms with Crippen LogP contribution < -0.4 is 4.74 Å². The van der Waals surface area contributed by atoms with Crippen molar-refractivity contribution in [3.8, 4) is 5.75 Å². The van der Waals surface area contributed by atoms with Gasteiger partial charge in [-0.2, -0.15) is 0 Å². The average molecular weight is 368 g/mol. The molecule has 2 aromatic carbocycles. The van der Waals surface area contributed by atoms with E-state index in [1.165, 1.54) is 0 Å². The van der Waals surface area contributed by atoms with Gasteiger partial charge in [0.1, 0.15) is 11.1 Å². The number of amides is 1. The maximum Gasteiger partial charge on any atom is 0.255 e. The zero-order valence-electron chi connectivity index (χ0n) is 12.5. The summed E-state index contributed by atoms with van der Waals surface area (Å²) in [4.78, 5) is 14.7. The predicted molar refractivity (Wildman–Crippen MR) is 95.7 cm³/mol. The molecule has 1 aliphatic rings. The summed E-state index contributed by atoms with van der Waals surface area (Å²) < 4.78 is 5.20. The van der Waals surface area contributed by atoms with E-state index in [-0.39, 0.29) is 11.3 Å². The normalized spacial score (nSPS) is 17.3. The fraction of sp³-hybridized carbons (Fsp3) is 0.235. The van der Waals surface area contributed by atoms with E-state index in [0.717, 1.165) is 11.3 Å². The van der Waals surface area contributed by atoms with Crippen LogP contribution in [-0.4, -0.2) is 30.2 Å². The van der Waals surface area contributed by atoms with Gasteiger partial charge in [0.15, 0.2) is 0 Å². The lowest BCUT2D eigenvalue weighted by Gasteiger charge is -2.25. The van der Waals surface area contributed by atoms with Gasteiger partial charge in [0.25, 0.3) is 5.91 Å². The van der Waals surface area contributed by atoms with Crippen LogP contribution in [0.4, 0.5) is 0 Å². The molecule has 3 rings (SSSR count). The number of nitrogens with zero attached hydrogens (tertiary/aromatic N) is 1. The van der Waals surface area contributed by atoms with Gasteiger partial charge < -0.3 is 9.64 Å². The van der Waals surface area contributed by atoms with Gasteiger partial charge in [-0.3, -0.25) is 4.79 Å². The number of halogens is 2. The molecular weight excluding hydrogens is 353 g/mol. The van der Waals surface area contributed by atoms with E-state index in [9.17, 15) is 4.79 Å². The maximum atomic E-state index is 12.9. The van der Waals surface area contributed by atoms with Gasteiger partial charge in [-0.15, -0.1) is 11.8 Å². The smallest absolute Gasteiger partial charge is 0.255 e.